The summed E-state index contributed by atoms with van der Waals surface area (Å²) in [4.78, 5) is 0. The van der Waals surface area contributed by atoms with Crippen molar-refractivity contribution in [1.82, 2.24) is 0 Å². The number of benzene rings is 4. The molecule has 0 aromatic heterocycles. The lowest BCUT2D eigenvalue weighted by Gasteiger charge is -2.14. The Labute approximate surface area is 221 Å². The Hall–Kier alpha value is -1.77. The van der Waals surface area contributed by atoms with Gasteiger partial charge < -0.3 is 0 Å². The molecule has 2 N–H and O–H groups in total. The molecule has 0 spiro atoms. The van der Waals surface area contributed by atoms with Gasteiger partial charge in [0.2, 0.25) is 10.0 Å². The van der Waals surface area contributed by atoms with E-state index in [1.807, 2.05) is 36.4 Å². The summed E-state index contributed by atoms with van der Waals surface area (Å²) < 4.78 is 18.8. The minimum Gasteiger partial charge on any atom is -0.229 e. The summed E-state index contributed by atoms with van der Waals surface area (Å²) in [6.45, 7) is 4.23. The highest BCUT2D eigenvalue weighted by Crippen LogP contribution is 2.40. The molecule has 0 heterocycles. The average molecular weight is 564 g/mol. The van der Waals surface area contributed by atoms with Crippen LogP contribution < -0.4 is 26.4 Å². The number of rotatable bonds is 4. The van der Waals surface area contributed by atoms with Crippen LogP contribution in [0.5, 0.6) is 0 Å². The standard InChI is InChI=1S/C14H14ClP.C12H10ClP.CH5NO2S/c1-11-7-3-5-9-13(11)16(15)14-10-6-4-8-12(14)2;13-14(11-7-3-1-4-8-11)12-9-5-2-6-10-12;1-5(2,3)4/h3-10H,1-2H3;1-10H;1H3,(H2,2,3,4). The zero-order chi connectivity index (χ0) is 25.8. The van der Waals surface area contributed by atoms with Gasteiger partial charge >= 0.3 is 0 Å². The van der Waals surface area contributed by atoms with Crippen molar-refractivity contribution in [1.29, 1.82) is 0 Å². The molecule has 8 heteroatoms. The molecule has 0 aliphatic carbocycles. The van der Waals surface area contributed by atoms with Crippen LogP contribution in [0, 0.1) is 13.8 Å². The van der Waals surface area contributed by atoms with Gasteiger partial charge in [-0.3, -0.25) is 0 Å². The largest absolute Gasteiger partial charge is 0.229 e. The third-order valence-corrected chi connectivity index (χ3v) is 10.2. The lowest BCUT2D eigenvalue weighted by molar-refractivity contribution is 0.603. The fourth-order valence-corrected chi connectivity index (χ4v) is 7.41. The maximum atomic E-state index is 9.41. The van der Waals surface area contributed by atoms with Crippen LogP contribution in [0.2, 0.25) is 0 Å². The summed E-state index contributed by atoms with van der Waals surface area (Å²) in [6, 6.07) is 37.1. The SMILES string of the molecule is CS(N)(=O)=O.Cc1ccccc1P(Cl)c1ccccc1C.ClP(c1ccccc1)c1ccccc1. The van der Waals surface area contributed by atoms with Gasteiger partial charge in [-0.1, -0.05) is 132 Å². The molecule has 0 unspecified atom stereocenters. The topological polar surface area (TPSA) is 60.2 Å². The zero-order valence-corrected chi connectivity index (χ0v) is 24.0. The predicted octanol–water partition coefficient (Wildman–Crippen LogP) is 6.07. The molecule has 0 saturated carbocycles. The van der Waals surface area contributed by atoms with Crippen LogP contribution in [0.1, 0.15) is 11.1 Å². The molecule has 4 aromatic rings. The van der Waals surface area contributed by atoms with E-state index in [0.29, 0.717) is 0 Å². The molecule has 0 fully saturated rings. The summed E-state index contributed by atoms with van der Waals surface area (Å²) in [5.74, 6) is 0. The smallest absolute Gasteiger partial charge is 0.206 e. The summed E-state index contributed by atoms with van der Waals surface area (Å²) in [5, 5.41) is 9.25. The van der Waals surface area contributed by atoms with Crippen LogP contribution in [0.4, 0.5) is 0 Å². The van der Waals surface area contributed by atoms with E-state index >= 15 is 0 Å². The van der Waals surface area contributed by atoms with Crippen LogP contribution in [-0.4, -0.2) is 14.7 Å². The molecule has 0 aliphatic heterocycles. The Bertz CT molecular complexity index is 1200. The lowest BCUT2D eigenvalue weighted by Crippen LogP contribution is -2.12. The number of sulfonamides is 1. The Morgan fingerprint density at radius 1 is 0.571 bits per heavy atom. The molecule has 0 aliphatic rings. The minimum atomic E-state index is -3.17. The monoisotopic (exact) mass is 563 g/mol. The fourth-order valence-electron chi connectivity index (χ4n) is 2.96. The van der Waals surface area contributed by atoms with Crippen LogP contribution in [0.25, 0.3) is 0 Å². The summed E-state index contributed by atoms with van der Waals surface area (Å²) >= 11 is 13.0. The third-order valence-electron chi connectivity index (χ3n) is 4.62. The van der Waals surface area contributed by atoms with Crippen molar-refractivity contribution >= 4 is 68.3 Å². The van der Waals surface area contributed by atoms with E-state index in [1.165, 1.54) is 32.3 Å². The third kappa shape index (κ3) is 10.8. The van der Waals surface area contributed by atoms with Crippen molar-refractivity contribution in [3.8, 4) is 0 Å². The zero-order valence-electron chi connectivity index (χ0n) is 19.8. The summed E-state index contributed by atoms with van der Waals surface area (Å²) in [6.07, 6.45) is 0.938. The Balaban J connectivity index is 0.000000209. The first-order valence-corrected chi connectivity index (χ1v) is 17.1. The van der Waals surface area contributed by atoms with E-state index in [1.54, 1.807) is 0 Å². The number of hydrogen-bond donors (Lipinski definition) is 1. The highest BCUT2D eigenvalue weighted by molar-refractivity contribution is 7.96. The van der Waals surface area contributed by atoms with Gasteiger partial charge in [-0.2, -0.15) is 0 Å². The molecule has 0 amide bonds. The van der Waals surface area contributed by atoms with E-state index in [4.69, 9.17) is 22.5 Å². The first kappa shape index (κ1) is 29.5. The Kier molecular flexibility index (Phi) is 12.4. The molecular weight excluding hydrogens is 535 g/mol. The van der Waals surface area contributed by atoms with Crippen LogP contribution in [0.3, 0.4) is 0 Å². The molecule has 0 atom stereocenters. The van der Waals surface area contributed by atoms with Gasteiger partial charge in [0.25, 0.3) is 0 Å². The van der Waals surface area contributed by atoms with Crippen molar-refractivity contribution in [2.75, 3.05) is 6.26 Å². The van der Waals surface area contributed by atoms with Gasteiger partial charge in [-0.15, -0.1) is 0 Å². The molecule has 0 bridgehead atoms. The summed E-state index contributed by atoms with van der Waals surface area (Å²) in [5.41, 5.74) is 2.54. The van der Waals surface area contributed by atoms with E-state index in [9.17, 15) is 8.42 Å². The number of nitrogens with two attached hydrogens (primary N) is 1. The van der Waals surface area contributed by atoms with Crippen LogP contribution in [-0.2, 0) is 10.0 Å². The van der Waals surface area contributed by atoms with Gasteiger partial charge in [0.15, 0.2) is 0 Å². The maximum Gasteiger partial charge on any atom is 0.206 e. The first-order chi connectivity index (χ1) is 16.6. The molecule has 4 aromatic carbocycles. The number of primary sulfonamides is 1. The molecule has 35 heavy (non-hydrogen) atoms. The maximum absolute atomic E-state index is 9.41. The fraction of sp³-hybridized carbons (Fsp3) is 0.111. The van der Waals surface area contributed by atoms with E-state index in [-0.39, 0.29) is 0 Å². The van der Waals surface area contributed by atoms with Crippen molar-refractivity contribution in [3.63, 3.8) is 0 Å². The normalized spacial score (nSPS) is 10.7. The highest BCUT2D eigenvalue weighted by atomic mass is 35.7. The molecular formula is C27H29Cl2NO2P2S. The number of halogens is 2. The van der Waals surface area contributed by atoms with Crippen molar-refractivity contribution in [2.24, 2.45) is 5.14 Å². The second-order valence-corrected chi connectivity index (χ2v) is 14.4. The molecule has 0 saturated heterocycles. The van der Waals surface area contributed by atoms with E-state index < -0.39 is 24.6 Å². The van der Waals surface area contributed by atoms with E-state index in [0.717, 1.165) is 6.26 Å². The van der Waals surface area contributed by atoms with Gasteiger partial charge in [0.05, 0.1) is 20.8 Å². The molecule has 0 radical (unpaired) electrons. The lowest BCUT2D eigenvalue weighted by atomic mass is 10.2. The minimum absolute atomic E-state index is 0.699. The van der Waals surface area contributed by atoms with E-state index in [2.05, 4.69) is 91.8 Å². The second kappa shape index (κ2) is 14.7. The van der Waals surface area contributed by atoms with Gasteiger partial charge in [0.1, 0.15) is 0 Å². The van der Waals surface area contributed by atoms with Gasteiger partial charge in [-0.25, -0.2) is 13.6 Å². The van der Waals surface area contributed by atoms with Crippen molar-refractivity contribution < 1.29 is 8.42 Å². The summed E-state index contributed by atoms with van der Waals surface area (Å²) in [7, 11) is -4.61. The predicted molar refractivity (Wildman–Crippen MR) is 158 cm³/mol. The molecule has 4 rings (SSSR count). The number of hydrogen-bond acceptors (Lipinski definition) is 2. The van der Waals surface area contributed by atoms with Gasteiger partial charge in [-0.05, 0) is 46.2 Å². The van der Waals surface area contributed by atoms with Crippen LogP contribution in [0.15, 0.2) is 109 Å². The quantitative estimate of drug-likeness (QED) is 0.306. The molecule has 184 valence electrons. The molecule has 3 nitrogen and oxygen atoms in total. The Morgan fingerprint density at radius 3 is 1.17 bits per heavy atom. The number of aryl methyl sites for hydroxylation is 2. The van der Waals surface area contributed by atoms with Crippen molar-refractivity contribution in [2.45, 2.75) is 13.8 Å². The Morgan fingerprint density at radius 2 is 0.857 bits per heavy atom. The van der Waals surface area contributed by atoms with Crippen molar-refractivity contribution in [3.05, 3.63) is 120 Å². The highest BCUT2D eigenvalue weighted by Gasteiger charge is 2.14. The van der Waals surface area contributed by atoms with Crippen LogP contribution >= 0.6 is 37.0 Å². The second-order valence-electron chi connectivity index (χ2n) is 7.64. The average Bonchev–Trinajstić information content (AvgIpc) is 2.84. The first-order valence-electron chi connectivity index (χ1n) is 10.7. The van der Waals surface area contributed by atoms with Gasteiger partial charge in [0, 0.05) is 0 Å².